The highest BCUT2D eigenvalue weighted by Crippen LogP contribution is 2.22. The van der Waals surface area contributed by atoms with Crippen molar-refractivity contribution in [1.82, 2.24) is 9.47 Å². The van der Waals surface area contributed by atoms with Crippen LogP contribution in [-0.2, 0) is 7.05 Å². The van der Waals surface area contributed by atoms with E-state index in [9.17, 15) is 14.3 Å². The van der Waals surface area contributed by atoms with Gasteiger partial charge in [0.1, 0.15) is 5.82 Å². The van der Waals surface area contributed by atoms with Crippen molar-refractivity contribution in [2.45, 2.75) is 6.10 Å². The molecule has 2 aromatic carbocycles. The highest BCUT2D eigenvalue weighted by Gasteiger charge is 2.21. The molecule has 0 amide bonds. The lowest BCUT2D eigenvalue weighted by molar-refractivity contribution is 0.109. The van der Waals surface area contributed by atoms with E-state index in [0.717, 1.165) is 37.4 Å². The fourth-order valence-corrected chi connectivity index (χ4v) is 3.55. The van der Waals surface area contributed by atoms with Crippen LogP contribution >= 0.6 is 0 Å². The summed E-state index contributed by atoms with van der Waals surface area (Å²) in [6.07, 6.45) is -0.655. The maximum absolute atomic E-state index is 13.1. The molecule has 27 heavy (non-hydrogen) atoms. The van der Waals surface area contributed by atoms with Gasteiger partial charge in [-0.3, -0.25) is 9.47 Å². The number of nitrogens with zero attached hydrogens (tertiary/aromatic N) is 3. The van der Waals surface area contributed by atoms with Crippen LogP contribution in [0.15, 0.2) is 51.7 Å². The number of oxazole rings is 1. The molecule has 1 N–H and O–H groups in total. The fourth-order valence-electron chi connectivity index (χ4n) is 3.55. The lowest BCUT2D eigenvalue weighted by atomic mass is 10.1. The van der Waals surface area contributed by atoms with Crippen molar-refractivity contribution >= 4 is 16.8 Å². The van der Waals surface area contributed by atoms with E-state index in [1.165, 1.54) is 16.7 Å². The summed E-state index contributed by atoms with van der Waals surface area (Å²) in [5.41, 5.74) is 2.95. The maximum Gasteiger partial charge on any atom is 0.419 e. The molecule has 0 saturated carbocycles. The van der Waals surface area contributed by atoms with Crippen LogP contribution in [0.5, 0.6) is 0 Å². The molecule has 3 aromatic rings. The number of rotatable bonds is 4. The number of aromatic nitrogens is 1. The SMILES string of the molecule is Cn1c(=O)oc2cc([C@H](O)CN3CCN(c4ccc(F)cc4)CC3)ccc21. The van der Waals surface area contributed by atoms with E-state index in [-0.39, 0.29) is 5.82 Å². The second-order valence-electron chi connectivity index (χ2n) is 6.93. The third-order valence-electron chi connectivity index (χ3n) is 5.20. The number of benzene rings is 2. The first kappa shape index (κ1) is 17.8. The molecular formula is C20H22FN3O3. The largest absolute Gasteiger partial charge is 0.419 e. The number of piperazine rings is 1. The van der Waals surface area contributed by atoms with Gasteiger partial charge in [-0.1, -0.05) is 6.07 Å². The Balaban J connectivity index is 1.38. The van der Waals surface area contributed by atoms with Crippen molar-refractivity contribution in [2.75, 3.05) is 37.6 Å². The monoisotopic (exact) mass is 371 g/mol. The van der Waals surface area contributed by atoms with Crippen LogP contribution in [0.1, 0.15) is 11.7 Å². The van der Waals surface area contributed by atoms with Crippen LogP contribution in [0.3, 0.4) is 0 Å². The van der Waals surface area contributed by atoms with E-state index in [1.807, 2.05) is 6.07 Å². The van der Waals surface area contributed by atoms with E-state index in [4.69, 9.17) is 4.42 Å². The zero-order chi connectivity index (χ0) is 19.0. The van der Waals surface area contributed by atoms with Crippen LogP contribution in [0.2, 0.25) is 0 Å². The first-order valence-electron chi connectivity index (χ1n) is 9.02. The van der Waals surface area contributed by atoms with Crippen LogP contribution in [0.25, 0.3) is 11.1 Å². The van der Waals surface area contributed by atoms with Gasteiger partial charge in [0.2, 0.25) is 0 Å². The van der Waals surface area contributed by atoms with Crippen molar-refractivity contribution in [3.05, 3.63) is 64.4 Å². The second-order valence-corrected chi connectivity index (χ2v) is 6.93. The summed E-state index contributed by atoms with van der Waals surface area (Å²) >= 11 is 0. The van der Waals surface area contributed by atoms with Gasteiger partial charge in [-0.15, -0.1) is 0 Å². The van der Waals surface area contributed by atoms with E-state index >= 15 is 0 Å². The summed E-state index contributed by atoms with van der Waals surface area (Å²) in [4.78, 5) is 16.0. The molecule has 2 heterocycles. The van der Waals surface area contributed by atoms with Gasteiger partial charge in [0.05, 0.1) is 11.6 Å². The first-order valence-corrected chi connectivity index (χ1v) is 9.02. The Morgan fingerprint density at radius 2 is 1.81 bits per heavy atom. The van der Waals surface area contributed by atoms with Crippen LogP contribution in [0.4, 0.5) is 10.1 Å². The average Bonchev–Trinajstić information content (AvgIpc) is 2.96. The van der Waals surface area contributed by atoms with E-state index < -0.39 is 11.9 Å². The minimum Gasteiger partial charge on any atom is -0.408 e. The molecule has 0 aliphatic carbocycles. The third kappa shape index (κ3) is 3.61. The number of aliphatic hydroxyl groups excluding tert-OH is 1. The Morgan fingerprint density at radius 1 is 1.11 bits per heavy atom. The lowest BCUT2D eigenvalue weighted by Gasteiger charge is -2.37. The molecule has 1 saturated heterocycles. The molecule has 0 radical (unpaired) electrons. The van der Waals surface area contributed by atoms with Gasteiger partial charge < -0.3 is 14.4 Å². The number of β-amino-alcohol motifs (C(OH)–C–C–N with tert-alkyl or cyclic N) is 1. The molecule has 4 rings (SSSR count). The Morgan fingerprint density at radius 3 is 2.52 bits per heavy atom. The van der Waals surface area contributed by atoms with Gasteiger partial charge in [-0.25, -0.2) is 9.18 Å². The molecular weight excluding hydrogens is 349 g/mol. The highest BCUT2D eigenvalue weighted by molar-refractivity contribution is 5.73. The van der Waals surface area contributed by atoms with Crippen molar-refractivity contribution < 1.29 is 13.9 Å². The van der Waals surface area contributed by atoms with Crippen molar-refractivity contribution in [3.63, 3.8) is 0 Å². The third-order valence-corrected chi connectivity index (χ3v) is 5.20. The van der Waals surface area contributed by atoms with E-state index in [0.29, 0.717) is 17.6 Å². The number of aryl methyl sites for hydroxylation is 1. The highest BCUT2D eigenvalue weighted by atomic mass is 19.1. The van der Waals surface area contributed by atoms with Crippen LogP contribution in [0, 0.1) is 5.82 Å². The predicted octanol–water partition coefficient (Wildman–Crippen LogP) is 2.13. The Kier molecular flexibility index (Phi) is 4.72. The van der Waals surface area contributed by atoms with Crippen molar-refractivity contribution in [1.29, 1.82) is 0 Å². The summed E-state index contributed by atoms with van der Waals surface area (Å²) in [6, 6.07) is 11.9. The number of hydrogen-bond donors (Lipinski definition) is 1. The molecule has 0 bridgehead atoms. The minimum atomic E-state index is -0.655. The van der Waals surface area contributed by atoms with Gasteiger partial charge in [-0.2, -0.15) is 0 Å². The lowest BCUT2D eigenvalue weighted by Crippen LogP contribution is -2.47. The molecule has 1 aliphatic heterocycles. The smallest absolute Gasteiger partial charge is 0.408 e. The summed E-state index contributed by atoms with van der Waals surface area (Å²) in [6.45, 7) is 3.80. The number of halogens is 1. The normalized spacial score (nSPS) is 16.8. The molecule has 6 nitrogen and oxygen atoms in total. The summed E-state index contributed by atoms with van der Waals surface area (Å²) in [5, 5.41) is 10.6. The van der Waals surface area contributed by atoms with E-state index in [2.05, 4.69) is 9.80 Å². The van der Waals surface area contributed by atoms with Gasteiger partial charge in [0, 0.05) is 45.5 Å². The number of hydrogen-bond acceptors (Lipinski definition) is 5. The van der Waals surface area contributed by atoms with Gasteiger partial charge in [0.25, 0.3) is 0 Å². The standard InChI is InChI=1S/C20H22FN3O3/c1-22-17-7-2-14(12-19(17)27-20(22)26)18(25)13-23-8-10-24(11-9-23)16-5-3-15(21)4-6-16/h2-7,12,18,25H,8-11,13H2,1H3/t18-/m1/s1. The molecule has 1 aliphatic rings. The summed E-state index contributed by atoms with van der Waals surface area (Å²) in [5.74, 6) is -0.639. The quantitative estimate of drug-likeness (QED) is 0.761. The fraction of sp³-hybridized carbons (Fsp3) is 0.350. The number of fused-ring (bicyclic) bond motifs is 1. The number of aliphatic hydroxyl groups is 1. The van der Waals surface area contributed by atoms with Crippen LogP contribution in [-0.4, -0.2) is 47.3 Å². The molecule has 1 fully saturated rings. The van der Waals surface area contributed by atoms with Crippen molar-refractivity contribution in [2.24, 2.45) is 7.05 Å². The van der Waals surface area contributed by atoms with Crippen molar-refractivity contribution in [3.8, 4) is 0 Å². The maximum atomic E-state index is 13.1. The average molecular weight is 371 g/mol. The zero-order valence-electron chi connectivity index (χ0n) is 15.1. The molecule has 142 valence electrons. The summed E-state index contributed by atoms with van der Waals surface area (Å²) < 4.78 is 19.7. The Labute approximate surface area is 156 Å². The minimum absolute atomic E-state index is 0.230. The van der Waals surface area contributed by atoms with Gasteiger partial charge in [-0.05, 0) is 42.0 Å². The van der Waals surface area contributed by atoms with E-state index in [1.54, 1.807) is 31.3 Å². The molecule has 7 heteroatoms. The topological polar surface area (TPSA) is 61.9 Å². The summed E-state index contributed by atoms with van der Waals surface area (Å²) in [7, 11) is 1.66. The Bertz CT molecular complexity index is 988. The second kappa shape index (κ2) is 7.17. The zero-order valence-corrected chi connectivity index (χ0v) is 15.1. The Hall–Kier alpha value is -2.64. The predicted molar refractivity (Wildman–Crippen MR) is 101 cm³/mol. The van der Waals surface area contributed by atoms with Gasteiger partial charge in [0.15, 0.2) is 5.58 Å². The molecule has 1 aromatic heterocycles. The molecule has 0 spiro atoms. The van der Waals surface area contributed by atoms with Crippen LogP contribution < -0.4 is 10.7 Å². The molecule has 1 atom stereocenters. The number of anilines is 1. The first-order chi connectivity index (χ1) is 13.0. The van der Waals surface area contributed by atoms with Gasteiger partial charge >= 0.3 is 5.76 Å². The molecule has 0 unspecified atom stereocenters.